The van der Waals surface area contributed by atoms with Gasteiger partial charge in [0.05, 0.1) is 5.56 Å². The Kier molecular flexibility index (Phi) is 3.69. The topological polar surface area (TPSA) is 20.2 Å². The molecule has 1 unspecified atom stereocenters. The maximum absolute atomic E-state index is 12.6. The van der Waals surface area contributed by atoms with E-state index in [4.69, 9.17) is 0 Å². The number of rotatable bonds is 2. The maximum atomic E-state index is 12.6. The first kappa shape index (κ1) is 14.1. The summed E-state index contributed by atoms with van der Waals surface area (Å²) < 4.78 is 37.9. The molecular weight excluding hydrogens is 273 g/mol. The van der Waals surface area contributed by atoms with E-state index in [-0.39, 0.29) is 5.56 Å². The summed E-state index contributed by atoms with van der Waals surface area (Å²) in [5, 5.41) is 10.2. The third-order valence-electron chi connectivity index (χ3n) is 2.98. The van der Waals surface area contributed by atoms with Gasteiger partial charge in [-0.2, -0.15) is 13.2 Å². The van der Waals surface area contributed by atoms with Gasteiger partial charge in [-0.25, -0.2) is 0 Å². The van der Waals surface area contributed by atoms with Gasteiger partial charge in [-0.15, -0.1) is 11.3 Å². The van der Waals surface area contributed by atoms with E-state index in [0.29, 0.717) is 4.88 Å². The fraction of sp³-hybridized carbons (Fsp3) is 0.286. The monoisotopic (exact) mass is 286 g/mol. The average molecular weight is 286 g/mol. The zero-order valence-electron chi connectivity index (χ0n) is 10.5. The number of hydrogen-bond acceptors (Lipinski definition) is 2. The van der Waals surface area contributed by atoms with Crippen molar-refractivity contribution in [3.8, 4) is 0 Å². The van der Waals surface area contributed by atoms with Crippen molar-refractivity contribution in [3.63, 3.8) is 0 Å². The van der Waals surface area contributed by atoms with Gasteiger partial charge in [0.25, 0.3) is 0 Å². The molecule has 19 heavy (non-hydrogen) atoms. The lowest BCUT2D eigenvalue weighted by Gasteiger charge is -2.12. The van der Waals surface area contributed by atoms with Crippen LogP contribution in [0, 0.1) is 13.8 Å². The Hall–Kier alpha value is -1.33. The predicted molar refractivity (Wildman–Crippen MR) is 69.3 cm³/mol. The van der Waals surface area contributed by atoms with Crippen LogP contribution in [0.25, 0.3) is 0 Å². The van der Waals surface area contributed by atoms with E-state index in [1.54, 1.807) is 0 Å². The Balaban J connectivity index is 2.36. The van der Waals surface area contributed by atoms with Crippen molar-refractivity contribution < 1.29 is 18.3 Å². The summed E-state index contributed by atoms with van der Waals surface area (Å²) in [6.07, 6.45) is -5.41. The third-order valence-corrected chi connectivity index (χ3v) is 4.19. The molecule has 0 aliphatic rings. The van der Waals surface area contributed by atoms with Gasteiger partial charge in [-0.3, -0.25) is 0 Å². The molecule has 0 fully saturated rings. The Labute approximate surface area is 113 Å². The zero-order chi connectivity index (χ0) is 14.2. The number of aliphatic hydroxyl groups excluding tert-OH is 1. The largest absolute Gasteiger partial charge is 0.416 e. The minimum Gasteiger partial charge on any atom is -0.383 e. The molecule has 102 valence electrons. The molecule has 0 spiro atoms. The number of alkyl halides is 3. The lowest BCUT2D eigenvalue weighted by molar-refractivity contribution is -0.137. The number of aryl methyl sites for hydroxylation is 2. The van der Waals surface area contributed by atoms with Crippen molar-refractivity contribution in [3.05, 3.63) is 56.8 Å². The highest BCUT2D eigenvalue weighted by molar-refractivity contribution is 7.12. The SMILES string of the molecule is Cc1cc(C(O)c2cccc(C(F)(F)F)c2)sc1C. The van der Waals surface area contributed by atoms with Crippen LogP contribution in [0.2, 0.25) is 0 Å². The molecule has 1 heterocycles. The second-order valence-electron chi connectivity index (χ2n) is 4.41. The van der Waals surface area contributed by atoms with Crippen LogP contribution < -0.4 is 0 Å². The molecule has 0 amide bonds. The van der Waals surface area contributed by atoms with Crippen LogP contribution in [-0.4, -0.2) is 5.11 Å². The fourth-order valence-electron chi connectivity index (χ4n) is 1.79. The molecule has 0 bridgehead atoms. The smallest absolute Gasteiger partial charge is 0.383 e. The van der Waals surface area contributed by atoms with E-state index >= 15 is 0 Å². The molecule has 1 N–H and O–H groups in total. The van der Waals surface area contributed by atoms with E-state index < -0.39 is 17.8 Å². The molecule has 1 aromatic carbocycles. The van der Waals surface area contributed by atoms with Crippen molar-refractivity contribution >= 4 is 11.3 Å². The van der Waals surface area contributed by atoms with Gasteiger partial charge in [0.1, 0.15) is 6.10 Å². The van der Waals surface area contributed by atoms with Crippen LogP contribution in [0.4, 0.5) is 13.2 Å². The van der Waals surface area contributed by atoms with Crippen molar-refractivity contribution in [2.75, 3.05) is 0 Å². The van der Waals surface area contributed by atoms with Gasteiger partial charge in [0, 0.05) is 9.75 Å². The van der Waals surface area contributed by atoms with Gasteiger partial charge >= 0.3 is 6.18 Å². The fourth-order valence-corrected chi connectivity index (χ4v) is 2.84. The second kappa shape index (κ2) is 4.98. The van der Waals surface area contributed by atoms with E-state index in [0.717, 1.165) is 22.6 Å². The minimum atomic E-state index is -4.39. The van der Waals surface area contributed by atoms with Crippen molar-refractivity contribution in [2.45, 2.75) is 26.1 Å². The molecule has 2 aromatic rings. The second-order valence-corrected chi connectivity index (χ2v) is 5.70. The first-order valence-electron chi connectivity index (χ1n) is 5.71. The highest BCUT2D eigenvalue weighted by Crippen LogP contribution is 2.34. The Morgan fingerprint density at radius 1 is 1.16 bits per heavy atom. The van der Waals surface area contributed by atoms with Gasteiger partial charge in [-0.1, -0.05) is 12.1 Å². The van der Waals surface area contributed by atoms with Gasteiger partial charge < -0.3 is 5.11 Å². The first-order chi connectivity index (χ1) is 8.79. The molecule has 0 saturated heterocycles. The molecule has 0 saturated carbocycles. The summed E-state index contributed by atoms with van der Waals surface area (Å²) in [4.78, 5) is 1.72. The van der Waals surface area contributed by atoms with E-state index in [2.05, 4.69) is 0 Å². The Morgan fingerprint density at radius 3 is 2.37 bits per heavy atom. The van der Waals surface area contributed by atoms with Crippen LogP contribution in [0.15, 0.2) is 30.3 Å². The number of benzene rings is 1. The maximum Gasteiger partial charge on any atom is 0.416 e. The predicted octanol–water partition coefficient (Wildman–Crippen LogP) is 4.47. The van der Waals surface area contributed by atoms with E-state index in [1.807, 2.05) is 19.9 Å². The molecule has 5 heteroatoms. The number of thiophene rings is 1. The molecule has 1 aromatic heterocycles. The van der Waals surface area contributed by atoms with Crippen LogP contribution in [-0.2, 0) is 6.18 Å². The molecule has 0 aliphatic heterocycles. The van der Waals surface area contributed by atoms with Gasteiger partial charge in [0.15, 0.2) is 0 Å². The molecule has 0 aliphatic carbocycles. The lowest BCUT2D eigenvalue weighted by atomic mass is 10.0. The highest BCUT2D eigenvalue weighted by Gasteiger charge is 2.31. The van der Waals surface area contributed by atoms with Gasteiger partial charge in [-0.05, 0) is 43.2 Å². The minimum absolute atomic E-state index is 0.260. The highest BCUT2D eigenvalue weighted by atomic mass is 32.1. The summed E-state index contributed by atoms with van der Waals surface area (Å²) in [6, 6.07) is 6.63. The summed E-state index contributed by atoms with van der Waals surface area (Å²) in [7, 11) is 0. The molecule has 1 atom stereocenters. The summed E-state index contributed by atoms with van der Waals surface area (Å²) in [6.45, 7) is 3.83. The van der Waals surface area contributed by atoms with Crippen molar-refractivity contribution in [1.29, 1.82) is 0 Å². The van der Waals surface area contributed by atoms with Crippen molar-refractivity contribution in [2.24, 2.45) is 0 Å². The van der Waals surface area contributed by atoms with E-state index in [9.17, 15) is 18.3 Å². The number of aliphatic hydroxyl groups is 1. The normalized spacial score (nSPS) is 13.6. The average Bonchev–Trinajstić information content (AvgIpc) is 2.68. The summed E-state index contributed by atoms with van der Waals surface area (Å²) >= 11 is 1.40. The molecule has 1 nitrogen and oxygen atoms in total. The van der Waals surface area contributed by atoms with Crippen LogP contribution in [0.5, 0.6) is 0 Å². The molecule has 2 rings (SSSR count). The van der Waals surface area contributed by atoms with Gasteiger partial charge in [0.2, 0.25) is 0 Å². The first-order valence-corrected chi connectivity index (χ1v) is 6.53. The zero-order valence-corrected chi connectivity index (χ0v) is 11.3. The number of halogens is 3. The quantitative estimate of drug-likeness (QED) is 0.864. The summed E-state index contributed by atoms with van der Waals surface area (Å²) in [5.74, 6) is 0. The molecular formula is C14H13F3OS. The Morgan fingerprint density at radius 2 is 1.84 bits per heavy atom. The molecule has 0 radical (unpaired) electrons. The van der Waals surface area contributed by atoms with Crippen molar-refractivity contribution in [1.82, 2.24) is 0 Å². The van der Waals surface area contributed by atoms with E-state index in [1.165, 1.54) is 23.5 Å². The lowest BCUT2D eigenvalue weighted by Crippen LogP contribution is -2.06. The number of hydrogen-bond donors (Lipinski definition) is 1. The van der Waals surface area contributed by atoms with Crippen LogP contribution >= 0.6 is 11.3 Å². The standard InChI is InChI=1S/C14H13F3OS/c1-8-6-12(19-9(8)2)13(18)10-4-3-5-11(7-10)14(15,16)17/h3-7,13,18H,1-2H3. The third kappa shape index (κ3) is 2.98. The Bertz CT molecular complexity index is 567. The van der Waals surface area contributed by atoms with Crippen LogP contribution in [0.1, 0.15) is 32.5 Å². The van der Waals surface area contributed by atoms with Crippen LogP contribution in [0.3, 0.4) is 0 Å². The summed E-state index contributed by atoms with van der Waals surface area (Å²) in [5.41, 5.74) is 0.552.